The molecule has 1 fully saturated rings. The van der Waals surface area contributed by atoms with Crippen molar-refractivity contribution in [2.24, 2.45) is 5.92 Å². The van der Waals surface area contributed by atoms with E-state index in [0.717, 1.165) is 32.1 Å². The summed E-state index contributed by atoms with van der Waals surface area (Å²) in [6, 6.07) is 4.60. The number of rotatable bonds is 11. The number of benzene rings is 1. The van der Waals surface area contributed by atoms with Gasteiger partial charge in [-0.1, -0.05) is 45.7 Å². The van der Waals surface area contributed by atoms with E-state index in [4.69, 9.17) is 4.74 Å². The quantitative estimate of drug-likeness (QED) is 0.392. The number of aromatic hydroxyl groups is 1. The van der Waals surface area contributed by atoms with Crippen molar-refractivity contribution in [2.75, 3.05) is 6.54 Å². The Bertz CT molecular complexity index is 845. The van der Waals surface area contributed by atoms with E-state index in [2.05, 4.69) is 10.6 Å². The first-order chi connectivity index (χ1) is 16.5. The van der Waals surface area contributed by atoms with Crippen LogP contribution >= 0.6 is 0 Å². The second-order valence-corrected chi connectivity index (χ2v) is 10.5. The highest BCUT2D eigenvalue weighted by molar-refractivity contribution is 5.92. The molecule has 0 spiro atoms. The highest BCUT2D eigenvalue weighted by Crippen LogP contribution is 2.35. The maximum absolute atomic E-state index is 14.1. The Kier molecular flexibility index (Phi) is 10.4. The molecule has 0 aromatic heterocycles. The van der Waals surface area contributed by atoms with E-state index in [1.807, 2.05) is 20.8 Å². The lowest BCUT2D eigenvalue weighted by molar-refractivity contribution is -0.148. The average molecular weight is 490 g/mol. The second-order valence-electron chi connectivity index (χ2n) is 10.5. The van der Waals surface area contributed by atoms with Gasteiger partial charge in [0.05, 0.1) is 0 Å². The molecular weight excluding hydrogens is 446 g/mol. The third kappa shape index (κ3) is 8.15. The summed E-state index contributed by atoms with van der Waals surface area (Å²) >= 11 is 0. The smallest absolute Gasteiger partial charge is 0.408 e. The van der Waals surface area contributed by atoms with E-state index < -0.39 is 23.8 Å². The fourth-order valence-electron chi connectivity index (χ4n) is 4.04. The van der Waals surface area contributed by atoms with Gasteiger partial charge < -0.3 is 25.4 Å². The SMILES string of the molecule is CCCCNC(=O)C(c1ccc(O)cc1)N(C(=O)C(NC(=O)OC(C)(C)C)C(C)CC)C1CCC1. The van der Waals surface area contributed by atoms with Crippen LogP contribution in [0.15, 0.2) is 24.3 Å². The Morgan fingerprint density at radius 1 is 1.14 bits per heavy atom. The fourth-order valence-corrected chi connectivity index (χ4v) is 4.04. The molecule has 196 valence electrons. The Morgan fingerprint density at radius 2 is 1.77 bits per heavy atom. The Labute approximate surface area is 209 Å². The van der Waals surface area contributed by atoms with Crippen molar-refractivity contribution in [3.63, 3.8) is 0 Å². The molecule has 3 atom stereocenters. The molecule has 8 heteroatoms. The third-order valence-electron chi connectivity index (χ3n) is 6.44. The Hall–Kier alpha value is -2.77. The van der Waals surface area contributed by atoms with Crippen LogP contribution in [0, 0.1) is 5.92 Å². The van der Waals surface area contributed by atoms with Gasteiger partial charge in [-0.2, -0.15) is 0 Å². The molecule has 1 aliphatic carbocycles. The van der Waals surface area contributed by atoms with E-state index >= 15 is 0 Å². The fraction of sp³-hybridized carbons (Fsp3) is 0.667. The summed E-state index contributed by atoms with van der Waals surface area (Å²) in [5, 5.41) is 15.6. The van der Waals surface area contributed by atoms with Gasteiger partial charge in [-0.05, 0) is 70.1 Å². The lowest BCUT2D eigenvalue weighted by Crippen LogP contribution is -2.59. The molecule has 0 radical (unpaired) electrons. The minimum Gasteiger partial charge on any atom is -0.508 e. The molecule has 1 aromatic carbocycles. The van der Waals surface area contributed by atoms with Crippen LogP contribution in [0.2, 0.25) is 0 Å². The number of unbranched alkanes of at least 4 members (excludes halogenated alkanes) is 1. The van der Waals surface area contributed by atoms with Crippen molar-refractivity contribution in [2.45, 2.75) is 104 Å². The standard InChI is InChI=1S/C27H43N3O5/c1-7-9-17-28-24(32)23(19-13-15-21(31)16-14-19)30(20-11-10-12-20)25(33)22(18(3)8-2)29-26(34)35-27(4,5)6/h13-16,18,20,22-23,31H,7-12,17H2,1-6H3,(H,28,32)(H,29,34). The monoisotopic (exact) mass is 489 g/mol. The topological polar surface area (TPSA) is 108 Å². The summed E-state index contributed by atoms with van der Waals surface area (Å²) < 4.78 is 5.44. The maximum Gasteiger partial charge on any atom is 0.408 e. The first kappa shape index (κ1) is 28.5. The number of hydrogen-bond acceptors (Lipinski definition) is 5. The predicted octanol–water partition coefficient (Wildman–Crippen LogP) is 4.67. The zero-order valence-electron chi connectivity index (χ0n) is 22.1. The van der Waals surface area contributed by atoms with Gasteiger partial charge in [0.2, 0.25) is 11.8 Å². The number of phenols is 1. The first-order valence-electron chi connectivity index (χ1n) is 12.9. The molecule has 1 saturated carbocycles. The molecule has 8 nitrogen and oxygen atoms in total. The lowest BCUT2D eigenvalue weighted by atomic mass is 9.86. The van der Waals surface area contributed by atoms with Crippen LogP contribution in [0.25, 0.3) is 0 Å². The normalized spacial score (nSPS) is 16.4. The Morgan fingerprint density at radius 3 is 2.26 bits per heavy atom. The van der Waals surface area contributed by atoms with E-state index in [-0.39, 0.29) is 29.5 Å². The second kappa shape index (κ2) is 12.8. The molecule has 0 bridgehead atoms. The number of nitrogens with zero attached hydrogens (tertiary/aromatic N) is 1. The summed E-state index contributed by atoms with van der Waals surface area (Å²) in [7, 11) is 0. The summed E-state index contributed by atoms with van der Waals surface area (Å²) in [5.74, 6) is -0.631. The zero-order valence-corrected chi connectivity index (χ0v) is 22.1. The highest BCUT2D eigenvalue weighted by Gasteiger charge is 2.43. The van der Waals surface area contributed by atoms with Gasteiger partial charge in [0, 0.05) is 12.6 Å². The number of ether oxygens (including phenoxy) is 1. The van der Waals surface area contributed by atoms with Crippen molar-refractivity contribution >= 4 is 17.9 Å². The molecule has 3 N–H and O–H groups in total. The van der Waals surface area contributed by atoms with Gasteiger partial charge in [0.25, 0.3) is 0 Å². The van der Waals surface area contributed by atoms with Gasteiger partial charge in [0.15, 0.2) is 0 Å². The molecule has 0 saturated heterocycles. The minimum absolute atomic E-state index is 0.0875. The highest BCUT2D eigenvalue weighted by atomic mass is 16.6. The maximum atomic E-state index is 14.1. The summed E-state index contributed by atoms with van der Waals surface area (Å²) in [5.41, 5.74) is -0.0774. The van der Waals surface area contributed by atoms with Crippen LogP contribution in [-0.2, 0) is 14.3 Å². The number of nitrogens with one attached hydrogen (secondary N) is 2. The van der Waals surface area contributed by atoms with Crippen molar-refractivity contribution in [3.05, 3.63) is 29.8 Å². The van der Waals surface area contributed by atoms with E-state index in [1.165, 1.54) is 12.1 Å². The molecular formula is C27H43N3O5. The van der Waals surface area contributed by atoms with E-state index in [9.17, 15) is 19.5 Å². The van der Waals surface area contributed by atoms with Crippen molar-refractivity contribution < 1.29 is 24.2 Å². The molecule has 2 rings (SSSR count). The number of phenolic OH excluding ortho intramolecular Hbond substituents is 1. The number of amides is 3. The largest absolute Gasteiger partial charge is 0.508 e. The van der Waals surface area contributed by atoms with Crippen molar-refractivity contribution in [1.29, 1.82) is 0 Å². The minimum atomic E-state index is -0.864. The van der Waals surface area contributed by atoms with Gasteiger partial charge in [-0.25, -0.2) is 4.79 Å². The molecule has 3 unspecified atom stereocenters. The van der Waals surface area contributed by atoms with Gasteiger partial charge in [-0.3, -0.25) is 9.59 Å². The molecule has 3 amide bonds. The number of carbonyl (C=O) groups is 3. The number of hydrogen-bond donors (Lipinski definition) is 3. The average Bonchev–Trinajstić information content (AvgIpc) is 2.75. The van der Waals surface area contributed by atoms with Gasteiger partial charge >= 0.3 is 6.09 Å². The summed E-state index contributed by atoms with van der Waals surface area (Å²) in [6.07, 6.45) is 4.34. The van der Waals surface area contributed by atoms with Crippen LogP contribution in [0.5, 0.6) is 5.75 Å². The molecule has 0 heterocycles. The predicted molar refractivity (Wildman–Crippen MR) is 136 cm³/mol. The van der Waals surface area contributed by atoms with Crippen LogP contribution < -0.4 is 10.6 Å². The van der Waals surface area contributed by atoms with Crippen molar-refractivity contribution in [3.8, 4) is 5.75 Å². The zero-order chi connectivity index (χ0) is 26.2. The van der Waals surface area contributed by atoms with Crippen LogP contribution in [-0.4, -0.2) is 52.1 Å². The van der Waals surface area contributed by atoms with Gasteiger partial charge in [0.1, 0.15) is 23.4 Å². The molecule has 35 heavy (non-hydrogen) atoms. The third-order valence-corrected chi connectivity index (χ3v) is 6.44. The Balaban J connectivity index is 2.45. The molecule has 0 aliphatic heterocycles. The van der Waals surface area contributed by atoms with E-state index in [0.29, 0.717) is 18.5 Å². The van der Waals surface area contributed by atoms with Crippen LogP contribution in [0.3, 0.4) is 0 Å². The molecule has 1 aliphatic rings. The molecule has 1 aromatic rings. The first-order valence-corrected chi connectivity index (χ1v) is 12.9. The summed E-state index contributed by atoms with van der Waals surface area (Å²) in [4.78, 5) is 41.9. The van der Waals surface area contributed by atoms with Crippen LogP contribution in [0.1, 0.15) is 91.7 Å². The summed E-state index contributed by atoms with van der Waals surface area (Å²) in [6.45, 7) is 11.8. The number of carbonyl (C=O) groups excluding carboxylic acids is 3. The lowest BCUT2D eigenvalue weighted by Gasteiger charge is -2.44. The number of alkyl carbamates (subject to hydrolysis) is 1. The van der Waals surface area contributed by atoms with Crippen molar-refractivity contribution in [1.82, 2.24) is 15.5 Å². The van der Waals surface area contributed by atoms with E-state index in [1.54, 1.807) is 37.8 Å². The van der Waals surface area contributed by atoms with Crippen LogP contribution in [0.4, 0.5) is 4.79 Å². The van der Waals surface area contributed by atoms with Gasteiger partial charge in [-0.15, -0.1) is 0 Å².